The Kier molecular flexibility index (Phi) is 4.91. The second kappa shape index (κ2) is 7.40. The van der Waals surface area contributed by atoms with Crippen LogP contribution in [0.1, 0.15) is 15.9 Å². The highest BCUT2D eigenvalue weighted by molar-refractivity contribution is 6.00. The topological polar surface area (TPSA) is 67.4 Å². The van der Waals surface area contributed by atoms with Crippen LogP contribution in [-0.4, -0.2) is 54.4 Å². The van der Waals surface area contributed by atoms with Gasteiger partial charge in [-0.2, -0.15) is 18.3 Å². The van der Waals surface area contributed by atoms with Crippen molar-refractivity contribution >= 4 is 16.8 Å². The van der Waals surface area contributed by atoms with Gasteiger partial charge in [-0.05, 0) is 35.9 Å². The predicted octanol–water partition coefficient (Wildman–Crippen LogP) is 3.73. The highest BCUT2D eigenvalue weighted by Crippen LogP contribution is 2.40. The minimum atomic E-state index is -4.53. The number of rotatable bonds is 3. The summed E-state index contributed by atoms with van der Waals surface area (Å²) in [6, 6.07) is 6.84. The average molecular weight is 405 g/mol. The van der Waals surface area contributed by atoms with E-state index >= 15 is 0 Å². The van der Waals surface area contributed by atoms with Crippen molar-refractivity contribution in [3.63, 3.8) is 0 Å². The lowest BCUT2D eigenvalue weighted by atomic mass is 9.96. The van der Waals surface area contributed by atoms with Crippen LogP contribution in [0.5, 0.6) is 5.75 Å². The molecule has 4 rings (SSSR count). The molecule has 29 heavy (non-hydrogen) atoms. The van der Waals surface area contributed by atoms with E-state index in [4.69, 9.17) is 9.47 Å². The largest absolute Gasteiger partial charge is 0.496 e. The summed E-state index contributed by atoms with van der Waals surface area (Å²) in [6.07, 6.45) is -3.07. The Bertz CT molecular complexity index is 1060. The van der Waals surface area contributed by atoms with Crippen molar-refractivity contribution in [2.45, 2.75) is 6.18 Å². The summed E-state index contributed by atoms with van der Waals surface area (Å²) >= 11 is 0. The van der Waals surface area contributed by atoms with Gasteiger partial charge in [0.2, 0.25) is 0 Å². The van der Waals surface area contributed by atoms with E-state index in [1.165, 1.54) is 13.3 Å². The molecule has 1 aromatic heterocycles. The van der Waals surface area contributed by atoms with Gasteiger partial charge < -0.3 is 14.4 Å². The Hall–Kier alpha value is -3.07. The molecule has 1 aliphatic rings. The van der Waals surface area contributed by atoms with Crippen molar-refractivity contribution in [1.82, 2.24) is 15.1 Å². The third-order valence-electron chi connectivity index (χ3n) is 4.92. The van der Waals surface area contributed by atoms with E-state index in [1.54, 1.807) is 23.1 Å². The van der Waals surface area contributed by atoms with Crippen LogP contribution in [0.15, 0.2) is 36.5 Å². The maximum atomic E-state index is 13.4. The lowest BCUT2D eigenvalue weighted by molar-refractivity contribution is -0.137. The Balaban J connectivity index is 1.86. The molecule has 0 radical (unpaired) electrons. The monoisotopic (exact) mass is 405 g/mol. The van der Waals surface area contributed by atoms with Crippen molar-refractivity contribution in [3.05, 3.63) is 47.7 Å². The summed E-state index contributed by atoms with van der Waals surface area (Å²) in [6.45, 7) is 1.85. The number of hydrogen-bond donors (Lipinski definition) is 1. The molecule has 0 saturated carbocycles. The number of H-pyrrole nitrogens is 1. The molecule has 152 valence electrons. The molecule has 3 aromatic rings. The molecule has 2 heterocycles. The van der Waals surface area contributed by atoms with Gasteiger partial charge in [-0.1, -0.05) is 0 Å². The molecule has 0 unspecified atom stereocenters. The summed E-state index contributed by atoms with van der Waals surface area (Å²) < 4.78 is 50.9. The first-order valence-electron chi connectivity index (χ1n) is 8.98. The maximum absolute atomic E-state index is 13.4. The molecule has 0 atom stereocenters. The number of nitrogens with one attached hydrogen (secondary N) is 1. The fourth-order valence-electron chi connectivity index (χ4n) is 3.44. The molecule has 9 heteroatoms. The number of benzene rings is 2. The number of fused-ring (bicyclic) bond motifs is 1. The Morgan fingerprint density at radius 3 is 2.62 bits per heavy atom. The summed E-state index contributed by atoms with van der Waals surface area (Å²) in [7, 11) is 1.43. The number of alkyl halides is 3. The number of morpholine rings is 1. The lowest BCUT2D eigenvalue weighted by Crippen LogP contribution is -2.40. The molecule has 0 spiro atoms. The molecule has 0 aliphatic carbocycles. The highest BCUT2D eigenvalue weighted by atomic mass is 19.4. The summed E-state index contributed by atoms with van der Waals surface area (Å²) in [5.74, 6) is 0.165. The van der Waals surface area contributed by atoms with Gasteiger partial charge in [0.15, 0.2) is 0 Å². The molecule has 1 amide bonds. The zero-order valence-corrected chi connectivity index (χ0v) is 15.5. The number of nitrogens with zero attached hydrogens (tertiary/aromatic N) is 2. The van der Waals surface area contributed by atoms with Crippen LogP contribution in [0.2, 0.25) is 0 Å². The van der Waals surface area contributed by atoms with Crippen LogP contribution < -0.4 is 4.74 Å². The van der Waals surface area contributed by atoms with Gasteiger partial charge in [-0.3, -0.25) is 9.89 Å². The minimum absolute atomic E-state index is 0.201. The average Bonchev–Trinajstić information content (AvgIpc) is 3.21. The maximum Gasteiger partial charge on any atom is 0.416 e. The SMILES string of the molecule is COc1ccc(C(=O)N2CCOCC2)cc1-c1cc(C(F)(F)F)cc2[nH]ncc12. The molecule has 1 fully saturated rings. The summed E-state index contributed by atoms with van der Waals surface area (Å²) in [4.78, 5) is 14.5. The van der Waals surface area contributed by atoms with E-state index < -0.39 is 11.7 Å². The fourth-order valence-corrected chi connectivity index (χ4v) is 3.44. The first kappa shape index (κ1) is 19.3. The predicted molar refractivity (Wildman–Crippen MR) is 99.8 cm³/mol. The second-order valence-corrected chi connectivity index (χ2v) is 6.67. The van der Waals surface area contributed by atoms with Crippen molar-refractivity contribution in [2.24, 2.45) is 0 Å². The normalized spacial score (nSPS) is 15.0. The first-order chi connectivity index (χ1) is 13.9. The smallest absolute Gasteiger partial charge is 0.416 e. The lowest BCUT2D eigenvalue weighted by Gasteiger charge is -2.27. The highest BCUT2D eigenvalue weighted by Gasteiger charge is 2.32. The van der Waals surface area contributed by atoms with Crippen molar-refractivity contribution in [3.8, 4) is 16.9 Å². The second-order valence-electron chi connectivity index (χ2n) is 6.67. The molecule has 6 nitrogen and oxygen atoms in total. The molecule has 1 aliphatic heterocycles. The number of methoxy groups -OCH3 is 1. The van der Waals surface area contributed by atoms with Gasteiger partial charge in [0.1, 0.15) is 5.75 Å². The number of ether oxygens (including phenoxy) is 2. The van der Waals surface area contributed by atoms with Gasteiger partial charge in [-0.25, -0.2) is 0 Å². The number of amides is 1. The third-order valence-corrected chi connectivity index (χ3v) is 4.92. The van der Waals surface area contributed by atoms with Crippen molar-refractivity contribution in [1.29, 1.82) is 0 Å². The zero-order valence-electron chi connectivity index (χ0n) is 15.5. The van der Waals surface area contributed by atoms with Crippen LogP contribution in [0.3, 0.4) is 0 Å². The molecular formula is C20H18F3N3O3. The number of aromatic nitrogens is 2. The quantitative estimate of drug-likeness (QED) is 0.721. The Morgan fingerprint density at radius 1 is 1.17 bits per heavy atom. The van der Waals surface area contributed by atoms with E-state index in [0.717, 1.165) is 12.1 Å². The standard InChI is InChI=1S/C20H18F3N3O3/c1-28-18-3-2-12(19(27)26-4-6-29-7-5-26)8-15(18)14-9-13(20(21,22)23)10-17-16(14)11-24-25-17/h2-3,8-11H,4-7H2,1H3,(H,24,25). The fraction of sp³-hybridized carbons (Fsp3) is 0.300. The molecular weight excluding hydrogens is 387 g/mol. The van der Waals surface area contributed by atoms with Gasteiger partial charge >= 0.3 is 6.18 Å². The number of halogens is 3. The first-order valence-corrected chi connectivity index (χ1v) is 8.98. The molecule has 0 bridgehead atoms. The molecule has 2 aromatic carbocycles. The number of aromatic amines is 1. The Morgan fingerprint density at radius 2 is 1.93 bits per heavy atom. The van der Waals surface area contributed by atoms with Crippen LogP contribution in [0.4, 0.5) is 13.2 Å². The van der Waals surface area contributed by atoms with Gasteiger partial charge in [0, 0.05) is 29.6 Å². The minimum Gasteiger partial charge on any atom is -0.496 e. The van der Waals surface area contributed by atoms with Crippen molar-refractivity contribution < 1.29 is 27.4 Å². The number of carbonyl (C=O) groups excluding carboxylic acids is 1. The molecule has 1 saturated heterocycles. The van der Waals surface area contributed by atoms with E-state index in [2.05, 4.69) is 10.2 Å². The summed E-state index contributed by atoms with van der Waals surface area (Å²) in [5, 5.41) is 6.97. The van der Waals surface area contributed by atoms with Crippen LogP contribution in [0, 0.1) is 0 Å². The third kappa shape index (κ3) is 3.65. The summed E-state index contributed by atoms with van der Waals surface area (Å²) in [5.41, 5.74) is 0.496. The molecule has 1 N–H and O–H groups in total. The van der Waals surface area contributed by atoms with Gasteiger partial charge in [-0.15, -0.1) is 0 Å². The Labute approximate surface area is 164 Å². The van der Waals surface area contributed by atoms with Gasteiger partial charge in [0.05, 0.1) is 37.6 Å². The van der Waals surface area contributed by atoms with Crippen LogP contribution >= 0.6 is 0 Å². The number of carbonyl (C=O) groups is 1. The zero-order chi connectivity index (χ0) is 20.6. The van der Waals surface area contributed by atoms with Crippen LogP contribution in [0.25, 0.3) is 22.0 Å². The van der Waals surface area contributed by atoms with E-state index in [0.29, 0.717) is 48.6 Å². The van der Waals surface area contributed by atoms with E-state index in [1.807, 2.05) is 0 Å². The van der Waals surface area contributed by atoms with Gasteiger partial charge in [0.25, 0.3) is 5.91 Å². The van der Waals surface area contributed by atoms with Crippen molar-refractivity contribution in [2.75, 3.05) is 33.4 Å². The number of hydrogen-bond acceptors (Lipinski definition) is 4. The van der Waals surface area contributed by atoms with Crippen LogP contribution in [-0.2, 0) is 10.9 Å². The van der Waals surface area contributed by atoms with E-state index in [9.17, 15) is 18.0 Å². The van der Waals surface area contributed by atoms with E-state index in [-0.39, 0.29) is 17.0 Å².